The molecule has 0 atom stereocenters. The second kappa shape index (κ2) is 5.64. The number of nitrogen functional groups attached to an aromatic ring is 1. The smallest absolute Gasteiger partial charge is 0.267 e. The van der Waals surface area contributed by atoms with E-state index in [9.17, 15) is 13.2 Å². The fraction of sp³-hybridized carbons (Fsp3) is 0. The highest BCUT2D eigenvalue weighted by molar-refractivity contribution is 7.90. The Morgan fingerprint density at radius 1 is 1.14 bits per heavy atom. The van der Waals surface area contributed by atoms with E-state index in [2.05, 4.69) is 0 Å². The van der Waals surface area contributed by atoms with Gasteiger partial charge in [-0.05, 0) is 30.3 Å². The number of nitrogens with two attached hydrogens (primary N) is 1. The minimum Gasteiger partial charge on any atom is -0.398 e. The van der Waals surface area contributed by atoms with Gasteiger partial charge in [0.05, 0.1) is 22.1 Å². The summed E-state index contributed by atoms with van der Waals surface area (Å²) < 4.78 is 26.2. The average molecular weight is 301 g/mol. The van der Waals surface area contributed by atoms with E-state index in [0.717, 1.165) is 0 Å². The van der Waals surface area contributed by atoms with Crippen molar-refractivity contribution in [3.05, 3.63) is 59.7 Å². The van der Waals surface area contributed by atoms with E-state index in [4.69, 9.17) is 11.0 Å². The first-order valence-corrected chi connectivity index (χ1v) is 7.34. The number of amides is 1. The number of carbonyl (C=O) groups is 1. The number of benzene rings is 2. The molecule has 0 bridgehead atoms. The third-order valence-electron chi connectivity index (χ3n) is 2.71. The number of nitrogens with one attached hydrogen (secondary N) is 1. The zero-order valence-corrected chi connectivity index (χ0v) is 11.6. The van der Waals surface area contributed by atoms with E-state index in [0.29, 0.717) is 0 Å². The zero-order chi connectivity index (χ0) is 15.5. The van der Waals surface area contributed by atoms with Crippen molar-refractivity contribution in [2.24, 2.45) is 0 Å². The third kappa shape index (κ3) is 3.19. The van der Waals surface area contributed by atoms with Crippen molar-refractivity contribution in [1.82, 2.24) is 4.72 Å². The van der Waals surface area contributed by atoms with Crippen LogP contribution in [0.15, 0.2) is 53.4 Å². The molecule has 0 aliphatic carbocycles. The van der Waals surface area contributed by atoms with Gasteiger partial charge in [0, 0.05) is 5.69 Å². The maximum absolute atomic E-state index is 12.1. The summed E-state index contributed by atoms with van der Waals surface area (Å²) in [6, 6.07) is 13.3. The van der Waals surface area contributed by atoms with E-state index in [1.165, 1.54) is 36.4 Å². The van der Waals surface area contributed by atoms with E-state index in [-0.39, 0.29) is 21.7 Å². The summed E-state index contributed by atoms with van der Waals surface area (Å²) >= 11 is 0. The van der Waals surface area contributed by atoms with E-state index >= 15 is 0 Å². The van der Waals surface area contributed by atoms with Gasteiger partial charge in [-0.25, -0.2) is 13.1 Å². The molecule has 3 N–H and O–H groups in total. The summed E-state index contributed by atoms with van der Waals surface area (Å²) in [5.74, 6) is -0.824. The summed E-state index contributed by atoms with van der Waals surface area (Å²) in [5, 5.41) is 8.78. The largest absolute Gasteiger partial charge is 0.398 e. The van der Waals surface area contributed by atoms with Gasteiger partial charge in [-0.1, -0.05) is 18.2 Å². The van der Waals surface area contributed by atoms with Crippen LogP contribution in [-0.4, -0.2) is 14.3 Å². The maximum atomic E-state index is 12.1. The molecule has 0 aliphatic heterocycles. The van der Waals surface area contributed by atoms with Crippen molar-refractivity contribution in [3.8, 4) is 6.07 Å². The normalized spacial score (nSPS) is 10.6. The van der Waals surface area contributed by atoms with Crippen molar-refractivity contribution in [3.63, 3.8) is 0 Å². The number of nitrogens with zero attached hydrogens (tertiary/aromatic N) is 1. The molecule has 106 valence electrons. The Hall–Kier alpha value is -2.85. The molecule has 0 aromatic heterocycles. The monoisotopic (exact) mass is 301 g/mol. The number of rotatable bonds is 3. The number of nitriles is 1. The van der Waals surface area contributed by atoms with Crippen LogP contribution in [0.2, 0.25) is 0 Å². The molecule has 2 rings (SSSR count). The van der Waals surface area contributed by atoms with Crippen molar-refractivity contribution in [1.29, 1.82) is 5.26 Å². The highest BCUT2D eigenvalue weighted by Gasteiger charge is 2.20. The van der Waals surface area contributed by atoms with Crippen LogP contribution in [-0.2, 0) is 10.0 Å². The Kier molecular flexibility index (Phi) is 3.91. The lowest BCUT2D eigenvalue weighted by atomic mass is 10.2. The number of sulfonamides is 1. The van der Waals surface area contributed by atoms with Crippen LogP contribution in [0.25, 0.3) is 0 Å². The standard InChI is InChI=1S/C14H11N3O3S/c15-9-10-4-3-5-11(8-10)21(19,20)17-14(18)12-6-1-2-7-13(12)16/h1-8H,16H2,(H,17,18). The molecule has 0 heterocycles. The van der Waals surface area contributed by atoms with Crippen molar-refractivity contribution < 1.29 is 13.2 Å². The first kappa shape index (κ1) is 14.6. The van der Waals surface area contributed by atoms with Crippen LogP contribution < -0.4 is 10.5 Å². The molecule has 2 aromatic rings. The molecule has 6 nitrogen and oxygen atoms in total. The molecular weight excluding hydrogens is 290 g/mol. The van der Waals surface area contributed by atoms with Crippen LogP contribution >= 0.6 is 0 Å². The maximum Gasteiger partial charge on any atom is 0.267 e. The Morgan fingerprint density at radius 3 is 2.52 bits per heavy atom. The first-order chi connectivity index (χ1) is 9.94. The first-order valence-electron chi connectivity index (χ1n) is 5.86. The summed E-state index contributed by atoms with van der Waals surface area (Å²) in [6.07, 6.45) is 0. The SMILES string of the molecule is N#Cc1cccc(S(=O)(=O)NC(=O)c2ccccc2N)c1. The molecule has 21 heavy (non-hydrogen) atoms. The zero-order valence-electron chi connectivity index (χ0n) is 10.8. The predicted octanol–water partition coefficient (Wildman–Crippen LogP) is 1.26. The van der Waals surface area contributed by atoms with Crippen molar-refractivity contribution in [2.75, 3.05) is 5.73 Å². The number of hydrogen-bond acceptors (Lipinski definition) is 5. The second-order valence-electron chi connectivity index (χ2n) is 4.16. The molecule has 2 aromatic carbocycles. The Balaban J connectivity index is 2.32. The Bertz CT molecular complexity index is 839. The van der Waals surface area contributed by atoms with Gasteiger partial charge in [-0.2, -0.15) is 5.26 Å². The minimum atomic E-state index is -4.06. The van der Waals surface area contributed by atoms with Crippen LogP contribution in [0.3, 0.4) is 0 Å². The molecule has 1 amide bonds. The average Bonchev–Trinajstić information content (AvgIpc) is 2.47. The third-order valence-corrected chi connectivity index (χ3v) is 4.03. The van der Waals surface area contributed by atoms with E-state index in [1.54, 1.807) is 12.1 Å². The van der Waals surface area contributed by atoms with Gasteiger partial charge in [0.1, 0.15) is 0 Å². The number of carbonyl (C=O) groups excluding carboxylic acids is 1. The van der Waals surface area contributed by atoms with Gasteiger partial charge in [0.2, 0.25) is 0 Å². The number of para-hydroxylation sites is 1. The second-order valence-corrected chi connectivity index (χ2v) is 5.84. The van der Waals surface area contributed by atoms with Gasteiger partial charge < -0.3 is 5.73 Å². The molecule has 0 radical (unpaired) electrons. The summed E-state index contributed by atoms with van der Waals surface area (Å²) in [4.78, 5) is 11.8. The molecule has 0 spiro atoms. The van der Waals surface area contributed by atoms with Gasteiger partial charge in [0.15, 0.2) is 0 Å². The van der Waals surface area contributed by atoms with Crippen LogP contribution in [0.5, 0.6) is 0 Å². The van der Waals surface area contributed by atoms with Crippen molar-refractivity contribution in [2.45, 2.75) is 4.90 Å². The summed E-state index contributed by atoms with van der Waals surface area (Å²) in [7, 11) is -4.06. The van der Waals surface area contributed by atoms with E-state index in [1.807, 2.05) is 10.8 Å². The van der Waals surface area contributed by atoms with Gasteiger partial charge in [0.25, 0.3) is 15.9 Å². The van der Waals surface area contributed by atoms with Crippen LogP contribution in [0.1, 0.15) is 15.9 Å². The highest BCUT2D eigenvalue weighted by Crippen LogP contribution is 2.14. The lowest BCUT2D eigenvalue weighted by Gasteiger charge is -2.08. The van der Waals surface area contributed by atoms with E-state index < -0.39 is 15.9 Å². The topological polar surface area (TPSA) is 113 Å². The molecule has 0 saturated heterocycles. The molecule has 7 heteroatoms. The van der Waals surface area contributed by atoms with Crippen LogP contribution in [0, 0.1) is 11.3 Å². The Labute approximate surface area is 121 Å². The molecule has 0 aliphatic rings. The number of hydrogen-bond donors (Lipinski definition) is 2. The summed E-state index contributed by atoms with van der Waals surface area (Å²) in [5.41, 5.74) is 6.05. The number of anilines is 1. The fourth-order valence-electron chi connectivity index (χ4n) is 1.67. The highest BCUT2D eigenvalue weighted by atomic mass is 32.2. The predicted molar refractivity (Wildman–Crippen MR) is 76.7 cm³/mol. The molecule has 0 saturated carbocycles. The minimum absolute atomic E-state index is 0.0671. The van der Waals surface area contributed by atoms with Gasteiger partial charge >= 0.3 is 0 Å². The van der Waals surface area contributed by atoms with Gasteiger partial charge in [-0.15, -0.1) is 0 Å². The quantitative estimate of drug-likeness (QED) is 0.828. The van der Waals surface area contributed by atoms with Crippen LogP contribution in [0.4, 0.5) is 5.69 Å². The van der Waals surface area contributed by atoms with Gasteiger partial charge in [-0.3, -0.25) is 4.79 Å². The summed E-state index contributed by atoms with van der Waals surface area (Å²) in [6.45, 7) is 0. The lowest BCUT2D eigenvalue weighted by Crippen LogP contribution is -2.31. The molecular formula is C14H11N3O3S. The Morgan fingerprint density at radius 2 is 1.86 bits per heavy atom. The lowest BCUT2D eigenvalue weighted by molar-refractivity contribution is 0.0982. The van der Waals surface area contributed by atoms with Crippen molar-refractivity contribution >= 4 is 21.6 Å². The molecule has 0 unspecified atom stereocenters. The molecule has 0 fully saturated rings. The fourth-order valence-corrected chi connectivity index (χ4v) is 2.68.